The van der Waals surface area contributed by atoms with Crippen LogP contribution < -0.4 is 5.32 Å². The average molecular weight is 544 g/mol. The number of thiazole rings is 1. The zero-order chi connectivity index (χ0) is 25.4. The average Bonchev–Trinajstić information content (AvgIpc) is 3.58. The summed E-state index contributed by atoms with van der Waals surface area (Å²) >= 11 is 9.06. The quantitative estimate of drug-likeness (QED) is 0.331. The summed E-state index contributed by atoms with van der Waals surface area (Å²) in [5.74, 6) is -1.00. The van der Waals surface area contributed by atoms with Gasteiger partial charge in [-0.15, -0.1) is 22.7 Å². The summed E-state index contributed by atoms with van der Waals surface area (Å²) in [6.07, 6.45) is 3.55. The molecule has 1 aromatic carbocycles. The van der Waals surface area contributed by atoms with Crippen molar-refractivity contribution < 1.29 is 14.7 Å². The largest absolute Gasteiger partial charge is 0.478 e. The molecule has 8 nitrogen and oxygen atoms in total. The molecular formula is C25H26ClN5O3S2. The number of thiophene rings is 1. The van der Waals surface area contributed by atoms with Crippen molar-refractivity contribution in [2.75, 3.05) is 13.1 Å². The van der Waals surface area contributed by atoms with Gasteiger partial charge >= 0.3 is 5.97 Å². The third kappa shape index (κ3) is 5.17. The maximum Gasteiger partial charge on any atom is 0.335 e. The first-order valence-corrected chi connectivity index (χ1v) is 13.8. The maximum absolute atomic E-state index is 13.4. The number of carboxylic acid groups (broad SMARTS) is 1. The second kappa shape index (κ2) is 10.3. The highest BCUT2D eigenvalue weighted by atomic mass is 35.5. The molecule has 0 spiro atoms. The number of carbonyl (C=O) groups is 2. The molecule has 3 aromatic heterocycles. The summed E-state index contributed by atoms with van der Waals surface area (Å²) in [6, 6.07) is 9.08. The number of hydrogen-bond acceptors (Lipinski definition) is 7. The zero-order valence-electron chi connectivity index (χ0n) is 19.9. The van der Waals surface area contributed by atoms with E-state index >= 15 is 0 Å². The Morgan fingerprint density at radius 1 is 1.19 bits per heavy atom. The second-order valence-corrected chi connectivity index (χ2v) is 12.0. The van der Waals surface area contributed by atoms with Gasteiger partial charge in [-0.3, -0.25) is 4.79 Å². The Balaban J connectivity index is 1.44. The monoisotopic (exact) mass is 543 g/mol. The van der Waals surface area contributed by atoms with Crippen LogP contribution in [0.25, 0.3) is 20.9 Å². The summed E-state index contributed by atoms with van der Waals surface area (Å²) in [6.45, 7) is 6.61. The Bertz CT molecular complexity index is 1420. The van der Waals surface area contributed by atoms with E-state index in [2.05, 4.69) is 34.0 Å². The van der Waals surface area contributed by atoms with Crippen molar-refractivity contribution in [3.05, 3.63) is 57.1 Å². The number of carbonyl (C=O) groups excluding carboxylic acids is 1. The van der Waals surface area contributed by atoms with Gasteiger partial charge in [-0.25, -0.2) is 14.8 Å². The van der Waals surface area contributed by atoms with E-state index in [-0.39, 0.29) is 23.3 Å². The minimum Gasteiger partial charge on any atom is -0.478 e. The predicted octanol–water partition coefficient (Wildman–Crippen LogP) is 5.22. The van der Waals surface area contributed by atoms with E-state index in [1.54, 1.807) is 22.9 Å². The molecule has 0 atom stereocenters. The van der Waals surface area contributed by atoms with E-state index in [0.29, 0.717) is 28.0 Å². The third-order valence-electron chi connectivity index (χ3n) is 6.44. The lowest BCUT2D eigenvalue weighted by atomic mass is 10.0. The van der Waals surface area contributed by atoms with E-state index in [4.69, 9.17) is 11.6 Å². The molecule has 0 bridgehead atoms. The molecule has 0 radical (unpaired) electrons. The van der Waals surface area contributed by atoms with E-state index in [0.717, 1.165) is 40.7 Å². The molecule has 0 saturated carbocycles. The number of aromatic carboxylic acids is 1. The number of fused-ring (bicyclic) bond motifs is 1. The Kier molecular flexibility index (Phi) is 7.11. The zero-order valence-corrected chi connectivity index (χ0v) is 22.3. The minimum absolute atomic E-state index is 0.0777. The van der Waals surface area contributed by atoms with E-state index in [1.165, 1.54) is 28.7 Å². The lowest BCUT2D eigenvalue weighted by Gasteiger charge is -2.34. The molecule has 1 fully saturated rings. The first-order chi connectivity index (χ1) is 17.3. The normalized spacial score (nSPS) is 15.1. The molecule has 5 rings (SSSR count). The Morgan fingerprint density at radius 3 is 2.64 bits per heavy atom. The molecule has 1 aliphatic rings. The fraction of sp³-hybridized carbons (Fsp3) is 0.360. The fourth-order valence-corrected chi connectivity index (χ4v) is 6.48. The molecule has 36 heavy (non-hydrogen) atoms. The molecule has 0 aliphatic carbocycles. The number of aromatic nitrogens is 3. The summed E-state index contributed by atoms with van der Waals surface area (Å²) in [7, 11) is 0. The van der Waals surface area contributed by atoms with Crippen LogP contribution in [0.3, 0.4) is 0 Å². The molecule has 4 heterocycles. The highest BCUT2D eigenvalue weighted by molar-refractivity contribution is 7.23. The van der Waals surface area contributed by atoms with Crippen LogP contribution >= 0.6 is 34.3 Å². The Labute approximate surface area is 221 Å². The number of carboxylic acids is 1. The summed E-state index contributed by atoms with van der Waals surface area (Å²) in [5, 5.41) is 13.5. The van der Waals surface area contributed by atoms with Crippen molar-refractivity contribution in [1.29, 1.82) is 0 Å². The van der Waals surface area contributed by atoms with Gasteiger partial charge in [0.2, 0.25) is 0 Å². The predicted molar refractivity (Wildman–Crippen MR) is 143 cm³/mol. The van der Waals surface area contributed by atoms with E-state index in [9.17, 15) is 14.7 Å². The van der Waals surface area contributed by atoms with Crippen LogP contribution in [0.15, 0.2) is 36.5 Å². The number of likely N-dealkylation sites (tertiary alicyclic amines) is 1. The number of rotatable bonds is 7. The molecule has 11 heteroatoms. The van der Waals surface area contributed by atoms with Crippen LogP contribution in [-0.4, -0.2) is 61.6 Å². The molecule has 4 aromatic rings. The van der Waals surface area contributed by atoms with E-state index < -0.39 is 5.97 Å². The summed E-state index contributed by atoms with van der Waals surface area (Å²) in [4.78, 5) is 38.5. The van der Waals surface area contributed by atoms with Crippen molar-refractivity contribution in [1.82, 2.24) is 24.8 Å². The molecule has 1 aliphatic heterocycles. The Hall–Kier alpha value is -2.79. The van der Waals surface area contributed by atoms with Crippen LogP contribution in [-0.2, 0) is 6.54 Å². The van der Waals surface area contributed by atoms with Crippen LogP contribution in [0, 0.1) is 0 Å². The number of nitrogens with one attached hydrogen (secondary N) is 1. The van der Waals surface area contributed by atoms with Crippen LogP contribution in [0.2, 0.25) is 4.34 Å². The SMILES string of the molecule is CC(C)N1CCC(NC(=O)c2nc3ccc(C(=O)O)cc3n2Cc2cnc(-c3ccc(Cl)s3)s2)CC1. The van der Waals surface area contributed by atoms with Crippen molar-refractivity contribution in [3.63, 3.8) is 0 Å². The lowest BCUT2D eigenvalue weighted by molar-refractivity contribution is 0.0696. The first kappa shape index (κ1) is 24.9. The highest BCUT2D eigenvalue weighted by Crippen LogP contribution is 2.34. The van der Waals surface area contributed by atoms with Gasteiger partial charge in [-0.1, -0.05) is 11.6 Å². The van der Waals surface area contributed by atoms with Gasteiger partial charge in [0.05, 0.1) is 32.4 Å². The second-order valence-electron chi connectivity index (χ2n) is 9.14. The van der Waals surface area contributed by atoms with Gasteiger partial charge in [0, 0.05) is 36.2 Å². The van der Waals surface area contributed by atoms with Crippen LogP contribution in [0.5, 0.6) is 0 Å². The number of nitrogens with zero attached hydrogens (tertiary/aromatic N) is 4. The molecule has 2 N–H and O–H groups in total. The highest BCUT2D eigenvalue weighted by Gasteiger charge is 2.26. The van der Waals surface area contributed by atoms with E-state index in [1.807, 2.05) is 12.1 Å². The molecule has 1 amide bonds. The topological polar surface area (TPSA) is 100 Å². The lowest BCUT2D eigenvalue weighted by Crippen LogP contribution is -2.47. The van der Waals surface area contributed by atoms with Crippen LogP contribution in [0.1, 0.15) is 52.5 Å². The third-order valence-corrected chi connectivity index (χ3v) is 8.83. The Morgan fingerprint density at radius 2 is 1.97 bits per heavy atom. The fourth-order valence-electron chi connectivity index (χ4n) is 4.48. The number of hydrogen-bond donors (Lipinski definition) is 2. The molecule has 1 saturated heterocycles. The molecule has 188 valence electrons. The summed E-state index contributed by atoms with van der Waals surface area (Å²) in [5.41, 5.74) is 1.33. The van der Waals surface area contributed by atoms with Gasteiger partial charge in [-0.2, -0.15) is 0 Å². The number of imidazole rings is 1. The van der Waals surface area contributed by atoms with Crippen molar-refractivity contribution >= 4 is 57.2 Å². The van der Waals surface area contributed by atoms with Crippen molar-refractivity contribution in [3.8, 4) is 9.88 Å². The maximum atomic E-state index is 13.4. The smallest absolute Gasteiger partial charge is 0.335 e. The summed E-state index contributed by atoms with van der Waals surface area (Å²) < 4.78 is 2.49. The van der Waals surface area contributed by atoms with Crippen LogP contribution in [0.4, 0.5) is 0 Å². The van der Waals surface area contributed by atoms with Gasteiger partial charge in [0.25, 0.3) is 5.91 Å². The number of amides is 1. The number of piperidine rings is 1. The van der Waals surface area contributed by atoms with Gasteiger partial charge in [-0.05, 0) is 57.0 Å². The first-order valence-electron chi connectivity index (χ1n) is 11.8. The van der Waals surface area contributed by atoms with Gasteiger partial charge in [0.15, 0.2) is 5.82 Å². The van der Waals surface area contributed by atoms with Gasteiger partial charge in [0.1, 0.15) is 5.01 Å². The molecule has 0 unspecified atom stereocenters. The minimum atomic E-state index is -1.03. The van der Waals surface area contributed by atoms with Gasteiger partial charge < -0.3 is 19.9 Å². The van der Waals surface area contributed by atoms with Crippen molar-refractivity contribution in [2.24, 2.45) is 0 Å². The number of benzene rings is 1. The molecular weight excluding hydrogens is 518 g/mol. The standard InChI is InChI=1S/C25H26ClN5O3S2/c1-14(2)30-9-7-16(8-10-30)28-23(32)22-29-18-4-3-15(25(33)34)11-19(18)31(22)13-17-12-27-24(35-17)20-5-6-21(26)36-20/h3-6,11-12,14,16H,7-10,13H2,1-2H3,(H,28,32)(H,33,34). The van der Waals surface area contributed by atoms with Crippen molar-refractivity contribution in [2.45, 2.75) is 45.3 Å². The number of halogens is 1.